The number of fused-ring (bicyclic) bond motifs is 1. The predicted octanol–water partition coefficient (Wildman–Crippen LogP) is 1.52. The Kier molecular flexibility index (Phi) is 2.02. The van der Waals surface area contributed by atoms with Crippen LogP contribution in [-0.4, -0.2) is 9.78 Å². The molecule has 72 valence electrons. The first-order chi connectivity index (χ1) is 6.22. The van der Waals surface area contributed by atoms with Gasteiger partial charge in [-0.2, -0.15) is 5.10 Å². The minimum Gasteiger partial charge on any atom is -0.384 e. The Morgan fingerprint density at radius 2 is 2.38 bits per heavy atom. The molecule has 3 nitrogen and oxygen atoms in total. The number of hydrogen-bond acceptors (Lipinski definition) is 2. The molecule has 0 saturated heterocycles. The first-order valence-electron chi connectivity index (χ1n) is 5.02. The molecule has 0 aromatic carbocycles. The topological polar surface area (TPSA) is 43.8 Å². The van der Waals surface area contributed by atoms with E-state index in [2.05, 4.69) is 12.0 Å². The second-order valence-corrected chi connectivity index (χ2v) is 3.95. The summed E-state index contributed by atoms with van der Waals surface area (Å²) in [4.78, 5) is 0. The molecule has 3 heteroatoms. The van der Waals surface area contributed by atoms with Gasteiger partial charge in [0.05, 0.1) is 5.69 Å². The van der Waals surface area contributed by atoms with E-state index in [0.717, 1.165) is 24.6 Å². The fourth-order valence-corrected chi connectivity index (χ4v) is 2.14. The van der Waals surface area contributed by atoms with Gasteiger partial charge in [-0.3, -0.25) is 4.68 Å². The van der Waals surface area contributed by atoms with Crippen LogP contribution < -0.4 is 5.73 Å². The van der Waals surface area contributed by atoms with Crippen LogP contribution in [0, 0.1) is 5.92 Å². The van der Waals surface area contributed by atoms with Crippen LogP contribution in [0.3, 0.4) is 0 Å². The van der Waals surface area contributed by atoms with Crippen molar-refractivity contribution in [2.45, 2.75) is 32.6 Å². The Morgan fingerprint density at radius 1 is 1.62 bits per heavy atom. The maximum absolute atomic E-state index is 5.94. The fraction of sp³-hybridized carbons (Fsp3) is 0.700. The molecule has 13 heavy (non-hydrogen) atoms. The van der Waals surface area contributed by atoms with Crippen LogP contribution in [0.2, 0.25) is 0 Å². The molecule has 0 bridgehead atoms. The summed E-state index contributed by atoms with van der Waals surface area (Å²) in [7, 11) is 1.93. The van der Waals surface area contributed by atoms with Crippen LogP contribution in [-0.2, 0) is 19.9 Å². The molecule has 1 heterocycles. The molecule has 0 radical (unpaired) electrons. The summed E-state index contributed by atoms with van der Waals surface area (Å²) in [5, 5.41) is 4.41. The van der Waals surface area contributed by atoms with Crippen molar-refractivity contribution in [2.24, 2.45) is 13.0 Å². The molecule has 0 aliphatic heterocycles. The van der Waals surface area contributed by atoms with Crippen LogP contribution >= 0.6 is 0 Å². The molecular weight excluding hydrogens is 162 g/mol. The van der Waals surface area contributed by atoms with Crippen LogP contribution in [0.25, 0.3) is 0 Å². The molecule has 1 aliphatic carbocycles. The number of aromatic nitrogens is 2. The zero-order chi connectivity index (χ0) is 9.42. The molecule has 1 unspecified atom stereocenters. The van der Waals surface area contributed by atoms with E-state index in [9.17, 15) is 0 Å². The molecule has 0 spiro atoms. The van der Waals surface area contributed by atoms with E-state index in [1.165, 1.54) is 24.1 Å². The average Bonchev–Trinajstić information content (AvgIpc) is 2.43. The highest BCUT2D eigenvalue weighted by molar-refractivity contribution is 5.44. The monoisotopic (exact) mass is 179 g/mol. The number of nitrogens with zero attached hydrogens (tertiary/aromatic N) is 2. The lowest BCUT2D eigenvalue weighted by molar-refractivity contribution is 0.442. The minimum absolute atomic E-state index is 0.819. The van der Waals surface area contributed by atoms with E-state index in [0.29, 0.717) is 0 Å². The standard InChI is InChI=1S/C10H17N3/c1-3-7-4-5-9-8(6-7)10(11)13(2)12-9/h7H,3-6,11H2,1-2H3. The number of nitrogens with two attached hydrogens (primary N) is 1. The number of rotatable bonds is 1. The molecule has 1 aromatic rings. The number of hydrogen-bond donors (Lipinski definition) is 1. The van der Waals surface area contributed by atoms with Gasteiger partial charge in [-0.05, 0) is 25.2 Å². The van der Waals surface area contributed by atoms with Gasteiger partial charge in [-0.25, -0.2) is 0 Å². The summed E-state index contributed by atoms with van der Waals surface area (Å²) >= 11 is 0. The zero-order valence-electron chi connectivity index (χ0n) is 8.38. The average molecular weight is 179 g/mol. The van der Waals surface area contributed by atoms with Crippen molar-refractivity contribution in [3.05, 3.63) is 11.3 Å². The quantitative estimate of drug-likeness (QED) is 0.710. The van der Waals surface area contributed by atoms with Crippen molar-refractivity contribution in [3.63, 3.8) is 0 Å². The van der Waals surface area contributed by atoms with Gasteiger partial charge in [0.25, 0.3) is 0 Å². The lowest BCUT2D eigenvalue weighted by Gasteiger charge is -2.19. The first-order valence-corrected chi connectivity index (χ1v) is 5.02. The van der Waals surface area contributed by atoms with Gasteiger partial charge in [0.15, 0.2) is 0 Å². The van der Waals surface area contributed by atoms with Crippen molar-refractivity contribution < 1.29 is 0 Å². The molecule has 1 aliphatic rings. The smallest absolute Gasteiger partial charge is 0.124 e. The summed E-state index contributed by atoms with van der Waals surface area (Å²) < 4.78 is 1.81. The Hall–Kier alpha value is -0.990. The molecule has 1 atom stereocenters. The van der Waals surface area contributed by atoms with E-state index in [4.69, 9.17) is 5.73 Å². The Balaban J connectivity index is 2.32. The van der Waals surface area contributed by atoms with Gasteiger partial charge < -0.3 is 5.73 Å². The van der Waals surface area contributed by atoms with E-state index in [-0.39, 0.29) is 0 Å². The summed E-state index contributed by atoms with van der Waals surface area (Å²) in [5.41, 5.74) is 8.47. The molecule has 2 rings (SSSR count). The second kappa shape index (κ2) is 3.05. The molecule has 2 N–H and O–H groups in total. The van der Waals surface area contributed by atoms with Crippen LogP contribution in [0.5, 0.6) is 0 Å². The maximum atomic E-state index is 5.94. The van der Waals surface area contributed by atoms with Gasteiger partial charge in [0, 0.05) is 12.6 Å². The first kappa shape index (κ1) is 8.60. The van der Waals surface area contributed by atoms with Crippen molar-refractivity contribution in [3.8, 4) is 0 Å². The summed E-state index contributed by atoms with van der Waals surface area (Å²) in [6.07, 6.45) is 4.78. The Morgan fingerprint density at radius 3 is 3.08 bits per heavy atom. The SMILES string of the molecule is CCC1CCc2nn(C)c(N)c2C1. The molecule has 0 fully saturated rings. The molecular formula is C10H17N3. The van der Waals surface area contributed by atoms with Gasteiger partial charge in [0.2, 0.25) is 0 Å². The highest BCUT2D eigenvalue weighted by Crippen LogP contribution is 2.30. The lowest BCUT2D eigenvalue weighted by Crippen LogP contribution is -2.13. The fourth-order valence-electron chi connectivity index (χ4n) is 2.14. The number of aryl methyl sites for hydroxylation is 2. The second-order valence-electron chi connectivity index (χ2n) is 3.95. The third-order valence-corrected chi connectivity index (χ3v) is 3.14. The van der Waals surface area contributed by atoms with Crippen molar-refractivity contribution in [1.29, 1.82) is 0 Å². The van der Waals surface area contributed by atoms with E-state index < -0.39 is 0 Å². The summed E-state index contributed by atoms with van der Waals surface area (Å²) in [6.45, 7) is 2.25. The third kappa shape index (κ3) is 1.32. The van der Waals surface area contributed by atoms with Gasteiger partial charge in [-0.1, -0.05) is 13.3 Å². The van der Waals surface area contributed by atoms with E-state index in [1.54, 1.807) is 0 Å². The van der Waals surface area contributed by atoms with Crippen molar-refractivity contribution in [1.82, 2.24) is 9.78 Å². The largest absolute Gasteiger partial charge is 0.384 e. The van der Waals surface area contributed by atoms with Crippen molar-refractivity contribution >= 4 is 5.82 Å². The molecule has 1 aromatic heterocycles. The third-order valence-electron chi connectivity index (χ3n) is 3.14. The van der Waals surface area contributed by atoms with E-state index in [1.807, 2.05) is 11.7 Å². The highest BCUT2D eigenvalue weighted by atomic mass is 15.3. The Labute approximate surface area is 78.9 Å². The van der Waals surface area contributed by atoms with Crippen LogP contribution in [0.1, 0.15) is 31.0 Å². The Bertz CT molecular complexity index is 314. The van der Waals surface area contributed by atoms with E-state index >= 15 is 0 Å². The molecule has 0 amide bonds. The zero-order valence-corrected chi connectivity index (χ0v) is 8.38. The van der Waals surface area contributed by atoms with Crippen LogP contribution in [0.4, 0.5) is 5.82 Å². The summed E-state index contributed by atoms with van der Waals surface area (Å²) in [5.74, 6) is 1.69. The number of nitrogen functional groups attached to an aromatic ring is 1. The predicted molar refractivity (Wildman–Crippen MR) is 53.4 cm³/mol. The maximum Gasteiger partial charge on any atom is 0.124 e. The summed E-state index contributed by atoms with van der Waals surface area (Å²) in [6, 6.07) is 0. The number of anilines is 1. The van der Waals surface area contributed by atoms with Crippen LogP contribution in [0.15, 0.2) is 0 Å². The van der Waals surface area contributed by atoms with Crippen molar-refractivity contribution in [2.75, 3.05) is 5.73 Å². The lowest BCUT2D eigenvalue weighted by atomic mass is 9.86. The van der Waals surface area contributed by atoms with Gasteiger partial charge in [-0.15, -0.1) is 0 Å². The molecule has 0 saturated carbocycles. The minimum atomic E-state index is 0.819. The van der Waals surface area contributed by atoms with Gasteiger partial charge >= 0.3 is 0 Å². The highest BCUT2D eigenvalue weighted by Gasteiger charge is 2.22. The normalized spacial score (nSPS) is 21.5. The van der Waals surface area contributed by atoms with Gasteiger partial charge in [0.1, 0.15) is 5.82 Å².